The monoisotopic (exact) mass is 239 g/mol. The van der Waals surface area contributed by atoms with E-state index < -0.39 is 14.2 Å². The first-order valence-electron chi connectivity index (χ1n) is 3.83. The van der Waals surface area contributed by atoms with Crippen LogP contribution in [0.5, 0.6) is 0 Å². The van der Waals surface area contributed by atoms with Crippen LogP contribution in [0.15, 0.2) is 12.7 Å². The minimum absolute atomic E-state index is 0. The molecule has 0 aliphatic rings. The summed E-state index contributed by atoms with van der Waals surface area (Å²) in [4.78, 5) is 18.7. The normalized spacial score (nSPS) is 10.1. The molecule has 0 amide bonds. The molecule has 0 aromatic rings. The average Bonchev–Trinajstić information content (AvgIpc) is 2.15. The Kier molecular flexibility index (Phi) is 12.5. The zero-order chi connectivity index (χ0) is 10.8. The Labute approximate surface area is 89.8 Å². The standard InChI is InChI=1S/C7H11O6P.CH4/c1-2-7(8)12-5-3-11-4-6-13-14(9)10;/h2H,1,3-6H2;1H4/p+1. The van der Waals surface area contributed by atoms with Gasteiger partial charge in [0.1, 0.15) is 13.2 Å². The van der Waals surface area contributed by atoms with Crippen LogP contribution < -0.4 is 0 Å². The van der Waals surface area contributed by atoms with Crippen LogP contribution in [-0.2, 0) is 23.4 Å². The van der Waals surface area contributed by atoms with E-state index >= 15 is 0 Å². The quantitative estimate of drug-likeness (QED) is 0.295. The van der Waals surface area contributed by atoms with Gasteiger partial charge in [-0.05, 0) is 0 Å². The smallest absolute Gasteiger partial charge is 0.460 e. The first kappa shape index (κ1) is 16.6. The van der Waals surface area contributed by atoms with Crippen LogP contribution in [-0.4, -0.2) is 37.3 Å². The molecule has 1 unspecified atom stereocenters. The van der Waals surface area contributed by atoms with Gasteiger partial charge in [0.25, 0.3) is 0 Å². The minimum atomic E-state index is -2.57. The van der Waals surface area contributed by atoms with Crippen LogP contribution in [0.1, 0.15) is 7.43 Å². The highest BCUT2D eigenvalue weighted by Crippen LogP contribution is 2.12. The van der Waals surface area contributed by atoms with Crippen molar-refractivity contribution >= 4 is 14.2 Å². The van der Waals surface area contributed by atoms with Crippen molar-refractivity contribution in [3.8, 4) is 0 Å². The van der Waals surface area contributed by atoms with E-state index in [2.05, 4.69) is 15.8 Å². The second kappa shape index (κ2) is 11.3. The molecule has 0 bridgehead atoms. The molecule has 0 radical (unpaired) electrons. The Bertz CT molecular complexity index is 205. The molecule has 0 rings (SSSR count). The molecule has 7 heteroatoms. The van der Waals surface area contributed by atoms with Crippen LogP contribution >= 0.6 is 8.25 Å². The Morgan fingerprint density at radius 2 is 1.93 bits per heavy atom. The average molecular weight is 239 g/mol. The van der Waals surface area contributed by atoms with Crippen molar-refractivity contribution < 1.29 is 28.3 Å². The lowest BCUT2D eigenvalue weighted by Crippen LogP contribution is -2.10. The molecule has 0 fully saturated rings. The number of hydrogen-bond donors (Lipinski definition) is 1. The summed E-state index contributed by atoms with van der Waals surface area (Å²) in [7, 11) is -2.57. The zero-order valence-corrected chi connectivity index (χ0v) is 8.44. The number of hydrogen-bond acceptors (Lipinski definition) is 5. The van der Waals surface area contributed by atoms with E-state index in [9.17, 15) is 9.36 Å². The van der Waals surface area contributed by atoms with Crippen LogP contribution in [0.4, 0.5) is 0 Å². The summed E-state index contributed by atoms with van der Waals surface area (Å²) in [6.45, 7) is 3.75. The molecule has 0 aliphatic carbocycles. The summed E-state index contributed by atoms with van der Waals surface area (Å²) < 4.78 is 23.8. The number of ether oxygens (including phenoxy) is 2. The third-order valence-electron chi connectivity index (χ3n) is 1.07. The van der Waals surface area contributed by atoms with Gasteiger partial charge < -0.3 is 9.47 Å². The van der Waals surface area contributed by atoms with E-state index in [1.54, 1.807) is 0 Å². The largest absolute Gasteiger partial charge is 0.694 e. The lowest BCUT2D eigenvalue weighted by molar-refractivity contribution is -0.139. The number of carbonyl (C=O) groups is 1. The highest BCUT2D eigenvalue weighted by Gasteiger charge is 2.10. The molecule has 0 saturated heterocycles. The van der Waals surface area contributed by atoms with E-state index in [0.717, 1.165) is 6.08 Å². The van der Waals surface area contributed by atoms with Gasteiger partial charge in [0, 0.05) is 10.6 Å². The van der Waals surface area contributed by atoms with Gasteiger partial charge in [0.05, 0.1) is 13.2 Å². The molecule has 0 heterocycles. The summed E-state index contributed by atoms with van der Waals surface area (Å²) in [5, 5.41) is 0. The maximum atomic E-state index is 10.5. The van der Waals surface area contributed by atoms with Crippen molar-refractivity contribution in [2.45, 2.75) is 7.43 Å². The minimum Gasteiger partial charge on any atom is -0.460 e. The van der Waals surface area contributed by atoms with E-state index in [1.807, 2.05) is 0 Å². The van der Waals surface area contributed by atoms with E-state index in [1.165, 1.54) is 0 Å². The summed E-state index contributed by atoms with van der Waals surface area (Å²) in [6, 6.07) is 0. The van der Waals surface area contributed by atoms with Crippen molar-refractivity contribution in [3.05, 3.63) is 12.7 Å². The van der Waals surface area contributed by atoms with Gasteiger partial charge >= 0.3 is 14.2 Å². The Morgan fingerprint density at radius 1 is 1.33 bits per heavy atom. The summed E-state index contributed by atoms with van der Waals surface area (Å²) in [5.41, 5.74) is 0. The first-order chi connectivity index (χ1) is 6.66. The lowest BCUT2D eigenvalue weighted by atomic mass is 10.6. The number of rotatable bonds is 8. The Hall–Kier alpha value is -0.810. The van der Waals surface area contributed by atoms with Crippen LogP contribution in [0, 0.1) is 0 Å². The Balaban J connectivity index is 0. The molecule has 15 heavy (non-hydrogen) atoms. The molecule has 0 aromatic carbocycles. The molecular weight excluding hydrogens is 223 g/mol. The second-order valence-electron chi connectivity index (χ2n) is 2.06. The molecule has 88 valence electrons. The third-order valence-corrected chi connectivity index (χ3v) is 1.47. The highest BCUT2D eigenvalue weighted by molar-refractivity contribution is 7.32. The van der Waals surface area contributed by atoms with Crippen molar-refractivity contribution in [1.29, 1.82) is 0 Å². The van der Waals surface area contributed by atoms with Gasteiger partial charge in [-0.15, -0.1) is 9.42 Å². The molecule has 1 atom stereocenters. The van der Waals surface area contributed by atoms with Crippen LogP contribution in [0.25, 0.3) is 0 Å². The van der Waals surface area contributed by atoms with Crippen LogP contribution in [0.3, 0.4) is 0 Å². The van der Waals surface area contributed by atoms with Crippen molar-refractivity contribution in [1.82, 2.24) is 0 Å². The molecule has 0 saturated carbocycles. The molecule has 1 N–H and O–H groups in total. The fourth-order valence-corrected chi connectivity index (χ4v) is 0.767. The molecule has 0 aromatic heterocycles. The van der Waals surface area contributed by atoms with E-state index in [-0.39, 0.29) is 33.9 Å². The van der Waals surface area contributed by atoms with Crippen molar-refractivity contribution in [3.63, 3.8) is 0 Å². The highest BCUT2D eigenvalue weighted by atomic mass is 31.1. The van der Waals surface area contributed by atoms with Crippen LogP contribution in [0.2, 0.25) is 0 Å². The topological polar surface area (TPSA) is 82.1 Å². The van der Waals surface area contributed by atoms with Gasteiger partial charge in [-0.3, -0.25) is 0 Å². The van der Waals surface area contributed by atoms with Crippen molar-refractivity contribution in [2.24, 2.45) is 0 Å². The number of esters is 1. The fourth-order valence-electron chi connectivity index (χ4n) is 0.536. The SMILES string of the molecule is C.C=CC(=O)OCCOCCO[P+](=O)O. The van der Waals surface area contributed by atoms with Crippen molar-refractivity contribution in [2.75, 3.05) is 26.4 Å². The first-order valence-corrected chi connectivity index (χ1v) is 4.96. The molecular formula is C8H16O6P+. The van der Waals surface area contributed by atoms with E-state index in [0.29, 0.717) is 0 Å². The van der Waals surface area contributed by atoms with Gasteiger partial charge in [-0.2, -0.15) is 0 Å². The molecule has 0 aliphatic heterocycles. The summed E-state index contributed by atoms with van der Waals surface area (Å²) >= 11 is 0. The summed E-state index contributed by atoms with van der Waals surface area (Å²) in [5.74, 6) is -0.511. The maximum Gasteiger partial charge on any atom is 0.694 e. The van der Waals surface area contributed by atoms with Gasteiger partial charge in [0.2, 0.25) is 0 Å². The zero-order valence-electron chi connectivity index (χ0n) is 7.55. The second-order valence-corrected chi connectivity index (χ2v) is 2.79. The van der Waals surface area contributed by atoms with Gasteiger partial charge in [-0.1, -0.05) is 14.0 Å². The third kappa shape index (κ3) is 13.2. The molecule has 0 spiro atoms. The lowest BCUT2D eigenvalue weighted by Gasteiger charge is -2.01. The van der Waals surface area contributed by atoms with E-state index in [4.69, 9.17) is 9.63 Å². The predicted octanol–water partition coefficient (Wildman–Crippen LogP) is 1.03. The number of carbonyl (C=O) groups excluding carboxylic acids is 1. The summed E-state index contributed by atoms with van der Waals surface area (Å²) in [6.07, 6.45) is 1.06. The molecule has 6 nitrogen and oxygen atoms in total. The maximum absolute atomic E-state index is 10.5. The predicted molar refractivity (Wildman–Crippen MR) is 54.5 cm³/mol. The fraction of sp³-hybridized carbons (Fsp3) is 0.625. The van der Waals surface area contributed by atoms with Gasteiger partial charge in [0.15, 0.2) is 0 Å². The Morgan fingerprint density at radius 3 is 2.47 bits per heavy atom. The van der Waals surface area contributed by atoms with Gasteiger partial charge in [-0.25, -0.2) is 4.79 Å².